The van der Waals surface area contributed by atoms with Gasteiger partial charge in [0.1, 0.15) is 5.00 Å². The Bertz CT molecular complexity index is 755. The lowest BCUT2D eigenvalue weighted by atomic mass is 9.95. The normalized spacial score (nSPS) is 13.3. The summed E-state index contributed by atoms with van der Waals surface area (Å²) in [4.78, 5) is 24.7. The minimum Gasteiger partial charge on any atom is -0.478 e. The number of rotatable bonds is 3. The summed E-state index contributed by atoms with van der Waals surface area (Å²) in [5, 5.41) is 15.8. The number of nitrogens with one attached hydrogen (secondary N) is 2. The van der Waals surface area contributed by atoms with E-state index in [9.17, 15) is 14.7 Å². The molecule has 2 aromatic rings. The molecule has 1 heterocycles. The van der Waals surface area contributed by atoms with Gasteiger partial charge in [-0.05, 0) is 55.5 Å². The highest BCUT2D eigenvalue weighted by atomic mass is 35.5. The third-order valence-electron chi connectivity index (χ3n) is 3.71. The van der Waals surface area contributed by atoms with E-state index in [4.69, 9.17) is 11.6 Å². The van der Waals surface area contributed by atoms with E-state index in [0.29, 0.717) is 15.7 Å². The second kappa shape index (κ2) is 6.60. The van der Waals surface area contributed by atoms with Crippen LogP contribution in [0.15, 0.2) is 24.3 Å². The average molecular weight is 351 g/mol. The summed E-state index contributed by atoms with van der Waals surface area (Å²) >= 11 is 7.16. The van der Waals surface area contributed by atoms with Gasteiger partial charge < -0.3 is 10.4 Å². The SMILES string of the molecule is O=C(Nc1ccc(Cl)cc1)Nc1sc2c(c1C(=O)O)CCCC2. The molecule has 0 aliphatic heterocycles. The van der Waals surface area contributed by atoms with Crippen LogP contribution in [0.3, 0.4) is 0 Å². The molecule has 0 spiro atoms. The third kappa shape index (κ3) is 3.48. The lowest BCUT2D eigenvalue weighted by Crippen LogP contribution is -2.20. The Balaban J connectivity index is 1.79. The molecule has 7 heteroatoms. The lowest BCUT2D eigenvalue weighted by Gasteiger charge is -2.10. The van der Waals surface area contributed by atoms with Crippen molar-refractivity contribution in [2.75, 3.05) is 10.6 Å². The molecular weight excluding hydrogens is 336 g/mol. The zero-order valence-corrected chi connectivity index (χ0v) is 13.8. The molecule has 0 fully saturated rings. The van der Waals surface area contributed by atoms with Crippen molar-refractivity contribution in [1.82, 2.24) is 0 Å². The van der Waals surface area contributed by atoms with Gasteiger partial charge >= 0.3 is 12.0 Å². The fourth-order valence-electron chi connectivity index (χ4n) is 2.68. The smallest absolute Gasteiger partial charge is 0.339 e. The Hall–Kier alpha value is -2.05. The maximum atomic E-state index is 12.1. The minimum atomic E-state index is -0.994. The van der Waals surface area contributed by atoms with Crippen molar-refractivity contribution in [2.24, 2.45) is 0 Å². The molecule has 3 N–H and O–H groups in total. The Kier molecular flexibility index (Phi) is 4.54. The van der Waals surface area contributed by atoms with Crippen molar-refractivity contribution in [1.29, 1.82) is 0 Å². The van der Waals surface area contributed by atoms with Gasteiger partial charge in [-0.2, -0.15) is 0 Å². The number of thiophene rings is 1. The second-order valence-electron chi connectivity index (χ2n) is 5.31. The van der Waals surface area contributed by atoms with E-state index in [1.807, 2.05) is 0 Å². The first-order valence-electron chi connectivity index (χ1n) is 7.26. The molecule has 0 saturated heterocycles. The van der Waals surface area contributed by atoms with Crippen LogP contribution in [0.1, 0.15) is 33.6 Å². The highest BCUT2D eigenvalue weighted by Gasteiger charge is 2.25. The summed E-state index contributed by atoms with van der Waals surface area (Å²) in [6, 6.07) is 6.24. The molecule has 5 nitrogen and oxygen atoms in total. The second-order valence-corrected chi connectivity index (χ2v) is 6.85. The number of aryl methyl sites for hydroxylation is 1. The van der Waals surface area contributed by atoms with Gasteiger partial charge in [0.2, 0.25) is 0 Å². The van der Waals surface area contributed by atoms with Crippen LogP contribution in [0.5, 0.6) is 0 Å². The molecule has 1 aromatic carbocycles. The van der Waals surface area contributed by atoms with Gasteiger partial charge in [-0.3, -0.25) is 5.32 Å². The molecule has 1 aliphatic rings. The number of benzene rings is 1. The predicted octanol–water partition coefficient (Wildman–Crippen LogP) is 4.62. The maximum Gasteiger partial charge on any atom is 0.339 e. The van der Waals surface area contributed by atoms with E-state index in [1.165, 1.54) is 11.3 Å². The molecule has 3 rings (SSSR count). The molecule has 120 valence electrons. The van der Waals surface area contributed by atoms with Crippen LogP contribution in [0, 0.1) is 0 Å². The van der Waals surface area contributed by atoms with Crippen LogP contribution in [-0.4, -0.2) is 17.1 Å². The van der Waals surface area contributed by atoms with Crippen molar-refractivity contribution in [3.63, 3.8) is 0 Å². The topological polar surface area (TPSA) is 78.4 Å². The van der Waals surface area contributed by atoms with Crippen LogP contribution in [0.2, 0.25) is 5.02 Å². The van der Waals surface area contributed by atoms with Crippen LogP contribution >= 0.6 is 22.9 Å². The summed E-state index contributed by atoms with van der Waals surface area (Å²) in [7, 11) is 0. The van der Waals surface area contributed by atoms with Gasteiger partial charge in [0.25, 0.3) is 0 Å². The van der Waals surface area contributed by atoms with Crippen molar-refractivity contribution < 1.29 is 14.7 Å². The van der Waals surface area contributed by atoms with Crippen LogP contribution < -0.4 is 10.6 Å². The number of carboxylic acid groups (broad SMARTS) is 1. The molecule has 0 unspecified atom stereocenters. The van der Waals surface area contributed by atoms with Crippen LogP contribution in [-0.2, 0) is 12.8 Å². The average Bonchev–Trinajstić information content (AvgIpc) is 2.87. The third-order valence-corrected chi connectivity index (χ3v) is 5.17. The van der Waals surface area contributed by atoms with Gasteiger partial charge in [0.05, 0.1) is 5.56 Å². The number of fused-ring (bicyclic) bond motifs is 1. The molecule has 0 radical (unpaired) electrons. The van der Waals surface area contributed by atoms with Gasteiger partial charge in [-0.25, -0.2) is 9.59 Å². The molecule has 0 atom stereocenters. The number of hydrogen-bond acceptors (Lipinski definition) is 3. The fraction of sp³-hybridized carbons (Fsp3) is 0.250. The number of carbonyl (C=O) groups is 2. The molecule has 0 saturated carbocycles. The number of halogens is 1. The van der Waals surface area contributed by atoms with E-state index in [2.05, 4.69) is 10.6 Å². The predicted molar refractivity (Wildman–Crippen MR) is 92.0 cm³/mol. The van der Waals surface area contributed by atoms with Gasteiger partial charge in [0.15, 0.2) is 0 Å². The first-order chi connectivity index (χ1) is 11.0. The monoisotopic (exact) mass is 350 g/mol. The zero-order chi connectivity index (χ0) is 16.4. The number of anilines is 2. The van der Waals surface area contributed by atoms with Crippen molar-refractivity contribution >= 4 is 45.6 Å². The van der Waals surface area contributed by atoms with Gasteiger partial charge in [0, 0.05) is 15.6 Å². The Labute approximate surface area is 142 Å². The lowest BCUT2D eigenvalue weighted by molar-refractivity contribution is 0.0697. The Morgan fingerprint density at radius 3 is 2.48 bits per heavy atom. The highest BCUT2D eigenvalue weighted by molar-refractivity contribution is 7.17. The number of urea groups is 1. The summed E-state index contributed by atoms with van der Waals surface area (Å²) in [6.45, 7) is 0. The number of amides is 2. The number of hydrogen-bond donors (Lipinski definition) is 3. The van der Waals surface area contributed by atoms with Crippen LogP contribution in [0.4, 0.5) is 15.5 Å². The van der Waals surface area contributed by atoms with Gasteiger partial charge in [-0.15, -0.1) is 11.3 Å². The van der Waals surface area contributed by atoms with E-state index < -0.39 is 12.0 Å². The van der Waals surface area contributed by atoms with Gasteiger partial charge in [-0.1, -0.05) is 11.6 Å². The first-order valence-corrected chi connectivity index (χ1v) is 8.45. The molecule has 23 heavy (non-hydrogen) atoms. The highest BCUT2D eigenvalue weighted by Crippen LogP contribution is 2.38. The summed E-state index contributed by atoms with van der Waals surface area (Å²) in [5.41, 5.74) is 1.69. The quantitative estimate of drug-likeness (QED) is 0.755. The van der Waals surface area contributed by atoms with E-state index in [-0.39, 0.29) is 5.56 Å². The maximum absolute atomic E-state index is 12.1. The zero-order valence-electron chi connectivity index (χ0n) is 12.2. The first kappa shape index (κ1) is 15.8. The summed E-state index contributed by atoms with van der Waals surface area (Å²) in [5.74, 6) is -0.994. The Morgan fingerprint density at radius 1 is 1.09 bits per heavy atom. The Morgan fingerprint density at radius 2 is 1.78 bits per heavy atom. The van der Waals surface area contributed by atoms with Crippen LogP contribution in [0.25, 0.3) is 0 Å². The summed E-state index contributed by atoms with van der Waals surface area (Å²) < 4.78 is 0. The minimum absolute atomic E-state index is 0.232. The standard InChI is InChI=1S/C16H15ClN2O3S/c17-9-5-7-10(8-6-9)18-16(22)19-14-13(15(20)21)11-3-1-2-4-12(11)23-14/h5-8H,1-4H2,(H,20,21)(H2,18,19,22). The van der Waals surface area contributed by atoms with E-state index in [0.717, 1.165) is 36.1 Å². The van der Waals surface area contributed by atoms with Crippen molar-refractivity contribution in [3.8, 4) is 0 Å². The molecule has 2 amide bonds. The fourth-order valence-corrected chi connectivity index (χ4v) is 4.08. The summed E-state index contributed by atoms with van der Waals surface area (Å²) in [6.07, 6.45) is 3.68. The number of carboxylic acids is 1. The van der Waals surface area contributed by atoms with Crippen molar-refractivity contribution in [3.05, 3.63) is 45.3 Å². The molecular formula is C16H15ClN2O3S. The number of aromatic carboxylic acids is 1. The van der Waals surface area contributed by atoms with E-state index in [1.54, 1.807) is 24.3 Å². The number of carbonyl (C=O) groups excluding carboxylic acids is 1. The van der Waals surface area contributed by atoms with Crippen molar-refractivity contribution in [2.45, 2.75) is 25.7 Å². The van der Waals surface area contributed by atoms with E-state index >= 15 is 0 Å². The molecule has 1 aromatic heterocycles. The largest absolute Gasteiger partial charge is 0.478 e. The molecule has 0 bridgehead atoms. The molecule has 1 aliphatic carbocycles.